The predicted octanol–water partition coefficient (Wildman–Crippen LogP) is 2.87. The van der Waals surface area contributed by atoms with Crippen LogP contribution in [0.2, 0.25) is 0 Å². The van der Waals surface area contributed by atoms with Crippen molar-refractivity contribution in [2.75, 3.05) is 27.3 Å². The van der Waals surface area contributed by atoms with Crippen LogP contribution >= 0.6 is 0 Å². The molecule has 28 heavy (non-hydrogen) atoms. The van der Waals surface area contributed by atoms with E-state index < -0.39 is 0 Å². The topological polar surface area (TPSA) is 60.2 Å². The van der Waals surface area contributed by atoms with E-state index in [0.29, 0.717) is 11.3 Å². The number of methoxy groups -OCH3 is 2. The lowest BCUT2D eigenvalue weighted by Gasteiger charge is -2.24. The molecule has 3 rings (SSSR count). The second-order valence-corrected chi connectivity index (χ2v) is 7.14. The quantitative estimate of drug-likeness (QED) is 0.571. The Morgan fingerprint density at radius 1 is 1.04 bits per heavy atom. The summed E-state index contributed by atoms with van der Waals surface area (Å²) >= 11 is 0. The van der Waals surface area contributed by atoms with Crippen LogP contribution in [0.5, 0.6) is 17.2 Å². The van der Waals surface area contributed by atoms with Crippen LogP contribution in [0.3, 0.4) is 0 Å². The van der Waals surface area contributed by atoms with Gasteiger partial charge >= 0.3 is 0 Å². The average Bonchev–Trinajstić information content (AvgIpc) is 2.73. The van der Waals surface area contributed by atoms with Gasteiger partial charge in [0.15, 0.2) is 17.3 Å². The number of phenols is 1. The molecule has 5 heteroatoms. The molecule has 2 aromatic carbocycles. The molecule has 1 fully saturated rings. The van der Waals surface area contributed by atoms with E-state index >= 15 is 0 Å². The fraction of sp³-hybridized carbons (Fsp3) is 0.348. The lowest BCUT2D eigenvalue weighted by atomic mass is 10.0. The van der Waals surface area contributed by atoms with Crippen LogP contribution in [0.15, 0.2) is 42.5 Å². The molecule has 0 bridgehead atoms. The van der Waals surface area contributed by atoms with Gasteiger partial charge in [0.25, 0.3) is 0 Å². The second-order valence-electron chi connectivity index (χ2n) is 7.14. The molecule has 0 aromatic heterocycles. The zero-order valence-corrected chi connectivity index (χ0v) is 16.5. The van der Waals surface area contributed by atoms with Crippen LogP contribution < -0.4 is 14.4 Å². The van der Waals surface area contributed by atoms with Crippen molar-refractivity contribution < 1.29 is 24.3 Å². The van der Waals surface area contributed by atoms with Gasteiger partial charge in [-0.15, -0.1) is 0 Å². The molecule has 1 heterocycles. The highest BCUT2D eigenvalue weighted by molar-refractivity contribution is 6.07. The number of carbonyl (C=O) groups is 1. The summed E-state index contributed by atoms with van der Waals surface area (Å²) in [6.45, 7) is 3.21. The number of aromatic hydroxyl groups is 1. The van der Waals surface area contributed by atoms with Gasteiger partial charge in [-0.25, -0.2) is 0 Å². The molecule has 5 nitrogen and oxygen atoms in total. The summed E-state index contributed by atoms with van der Waals surface area (Å²) in [4.78, 5) is 14.2. The maximum atomic E-state index is 12.6. The van der Waals surface area contributed by atoms with Crippen molar-refractivity contribution >= 4 is 11.9 Å². The monoisotopic (exact) mass is 382 g/mol. The standard InChI is InChI=1S/C23H27NO4/c1-27-22-11-8-18(15-19(22)16-24-12-4-3-5-13-24)20(25)9-6-17-7-10-23(28-2)21(26)14-17/h6-11,14-15,26H,3-5,12-13,16H2,1-2H3/p+1/b9-6+. The van der Waals surface area contributed by atoms with Crippen molar-refractivity contribution in [1.82, 2.24) is 0 Å². The molecule has 0 spiro atoms. The van der Waals surface area contributed by atoms with E-state index in [1.165, 1.54) is 45.5 Å². The highest BCUT2D eigenvalue weighted by Crippen LogP contribution is 2.27. The number of hydrogen-bond donors (Lipinski definition) is 2. The first-order chi connectivity index (χ1) is 13.6. The molecule has 2 N–H and O–H groups in total. The van der Waals surface area contributed by atoms with E-state index in [1.54, 1.807) is 42.4 Å². The Bertz CT molecular complexity index is 854. The first-order valence-corrected chi connectivity index (χ1v) is 9.70. The van der Waals surface area contributed by atoms with E-state index in [2.05, 4.69) is 0 Å². The van der Waals surface area contributed by atoms with Crippen LogP contribution in [0.1, 0.15) is 40.7 Å². The lowest BCUT2D eigenvalue weighted by Crippen LogP contribution is -3.11. The Morgan fingerprint density at radius 2 is 1.75 bits per heavy atom. The average molecular weight is 382 g/mol. The van der Waals surface area contributed by atoms with Gasteiger partial charge in [0.2, 0.25) is 0 Å². The first-order valence-electron chi connectivity index (χ1n) is 9.70. The highest BCUT2D eigenvalue weighted by Gasteiger charge is 2.17. The second kappa shape index (κ2) is 9.42. The van der Waals surface area contributed by atoms with Gasteiger partial charge in [0, 0.05) is 11.1 Å². The number of carbonyl (C=O) groups excluding carboxylic acids is 1. The first kappa shape index (κ1) is 20.0. The molecule has 0 amide bonds. The van der Waals surface area contributed by atoms with Crippen molar-refractivity contribution in [1.29, 1.82) is 0 Å². The Kier molecular flexibility index (Phi) is 6.71. The molecule has 1 saturated heterocycles. The number of rotatable bonds is 7. The third kappa shape index (κ3) is 4.93. The van der Waals surface area contributed by atoms with Gasteiger partial charge in [-0.05, 0) is 61.2 Å². The number of likely N-dealkylation sites (tertiary alicyclic amines) is 1. The van der Waals surface area contributed by atoms with E-state index in [0.717, 1.165) is 23.4 Å². The zero-order valence-electron chi connectivity index (χ0n) is 16.5. The minimum atomic E-state index is -0.0761. The van der Waals surface area contributed by atoms with Gasteiger partial charge in [0.1, 0.15) is 12.3 Å². The molecular weight excluding hydrogens is 354 g/mol. The molecule has 148 valence electrons. The SMILES string of the molecule is COc1ccc(/C=C/C(=O)c2ccc(OC)c(C[NH+]3CCCCC3)c2)cc1O. The van der Waals surface area contributed by atoms with Gasteiger partial charge in [-0.1, -0.05) is 12.1 Å². The fourth-order valence-electron chi connectivity index (χ4n) is 3.65. The van der Waals surface area contributed by atoms with Gasteiger partial charge in [-0.2, -0.15) is 0 Å². The Hall–Kier alpha value is -2.79. The van der Waals surface area contributed by atoms with Crippen molar-refractivity contribution in [3.05, 3.63) is 59.2 Å². The highest BCUT2D eigenvalue weighted by atomic mass is 16.5. The molecule has 1 aliphatic rings. The number of quaternary nitrogens is 1. The molecule has 0 unspecified atom stereocenters. The van der Waals surface area contributed by atoms with Crippen LogP contribution in [-0.4, -0.2) is 38.2 Å². The summed E-state index contributed by atoms with van der Waals surface area (Å²) in [5.74, 6) is 1.21. The Balaban J connectivity index is 1.75. The van der Waals surface area contributed by atoms with Gasteiger partial charge < -0.3 is 19.5 Å². The maximum absolute atomic E-state index is 12.6. The maximum Gasteiger partial charge on any atom is 0.185 e. The Morgan fingerprint density at radius 3 is 2.43 bits per heavy atom. The fourth-order valence-corrected chi connectivity index (χ4v) is 3.65. The van der Waals surface area contributed by atoms with Crippen LogP contribution in [0.25, 0.3) is 6.08 Å². The van der Waals surface area contributed by atoms with Crippen LogP contribution in [-0.2, 0) is 6.54 Å². The van der Waals surface area contributed by atoms with E-state index in [4.69, 9.17) is 9.47 Å². The molecule has 2 aromatic rings. The van der Waals surface area contributed by atoms with Gasteiger partial charge in [0.05, 0.1) is 27.3 Å². The third-order valence-corrected chi connectivity index (χ3v) is 5.20. The number of benzene rings is 2. The number of ketones is 1. The third-order valence-electron chi connectivity index (χ3n) is 5.20. The van der Waals surface area contributed by atoms with Crippen LogP contribution in [0.4, 0.5) is 0 Å². The summed E-state index contributed by atoms with van der Waals surface area (Å²) in [5, 5.41) is 9.86. The Labute approximate surface area is 166 Å². The minimum Gasteiger partial charge on any atom is -0.504 e. The van der Waals surface area contributed by atoms with Gasteiger partial charge in [-0.3, -0.25) is 4.79 Å². The molecule has 0 radical (unpaired) electrons. The smallest absolute Gasteiger partial charge is 0.185 e. The number of allylic oxidation sites excluding steroid dienone is 1. The minimum absolute atomic E-state index is 0.0494. The summed E-state index contributed by atoms with van der Waals surface area (Å²) in [6, 6.07) is 10.7. The number of ether oxygens (including phenoxy) is 2. The van der Waals surface area contributed by atoms with Crippen molar-refractivity contribution in [2.24, 2.45) is 0 Å². The number of piperidine rings is 1. The van der Waals surface area contributed by atoms with E-state index in [1.807, 2.05) is 12.1 Å². The van der Waals surface area contributed by atoms with Crippen molar-refractivity contribution in [3.63, 3.8) is 0 Å². The predicted molar refractivity (Wildman–Crippen MR) is 109 cm³/mol. The summed E-state index contributed by atoms with van der Waals surface area (Å²) in [6.07, 6.45) is 7.05. The molecule has 0 saturated carbocycles. The summed E-state index contributed by atoms with van der Waals surface area (Å²) in [5.41, 5.74) is 2.44. The van der Waals surface area contributed by atoms with Crippen molar-refractivity contribution in [3.8, 4) is 17.2 Å². The summed E-state index contributed by atoms with van der Waals surface area (Å²) in [7, 11) is 3.17. The molecule has 1 aliphatic heterocycles. The molecular formula is C23H28NO4+. The molecule has 0 atom stereocenters. The number of nitrogens with one attached hydrogen (secondary N) is 1. The number of hydrogen-bond acceptors (Lipinski definition) is 4. The summed E-state index contributed by atoms with van der Waals surface area (Å²) < 4.78 is 10.5. The lowest BCUT2D eigenvalue weighted by molar-refractivity contribution is -0.918. The zero-order chi connectivity index (χ0) is 19.9. The normalized spacial score (nSPS) is 14.9. The van der Waals surface area contributed by atoms with Crippen molar-refractivity contribution in [2.45, 2.75) is 25.8 Å². The van der Waals surface area contributed by atoms with E-state index in [-0.39, 0.29) is 11.5 Å². The number of phenolic OH excluding ortho intramolecular Hbond substituents is 1. The van der Waals surface area contributed by atoms with Crippen LogP contribution in [0, 0.1) is 0 Å². The molecule has 0 aliphatic carbocycles. The van der Waals surface area contributed by atoms with E-state index in [9.17, 15) is 9.90 Å². The largest absolute Gasteiger partial charge is 0.504 e.